The second-order valence-corrected chi connectivity index (χ2v) is 9.65. The van der Waals surface area contributed by atoms with Crippen molar-refractivity contribution < 1.29 is 9.18 Å². The third-order valence-electron chi connectivity index (χ3n) is 5.89. The Morgan fingerprint density at radius 1 is 0.972 bits per heavy atom. The molecular formula is C29H29FN4O2. The van der Waals surface area contributed by atoms with Gasteiger partial charge in [-0.05, 0) is 75.7 Å². The number of anilines is 3. The largest absolute Gasteiger partial charge is 0.336 e. The lowest BCUT2D eigenvalue weighted by Gasteiger charge is -2.37. The van der Waals surface area contributed by atoms with Gasteiger partial charge in [0.2, 0.25) is 0 Å². The van der Waals surface area contributed by atoms with Crippen LogP contribution in [-0.2, 0) is 7.05 Å². The van der Waals surface area contributed by atoms with E-state index in [0.717, 1.165) is 16.8 Å². The van der Waals surface area contributed by atoms with Crippen molar-refractivity contribution in [1.29, 1.82) is 0 Å². The maximum Gasteiger partial charge on any atom is 0.293 e. The van der Waals surface area contributed by atoms with E-state index in [1.165, 1.54) is 16.7 Å². The van der Waals surface area contributed by atoms with E-state index < -0.39 is 5.54 Å². The number of carbonyl (C=O) groups is 1. The van der Waals surface area contributed by atoms with Crippen LogP contribution in [-0.4, -0.2) is 21.0 Å². The van der Waals surface area contributed by atoms with Crippen LogP contribution in [0, 0.1) is 12.7 Å². The van der Waals surface area contributed by atoms with E-state index in [9.17, 15) is 14.0 Å². The molecule has 0 aliphatic carbocycles. The third-order valence-corrected chi connectivity index (χ3v) is 5.89. The molecule has 1 aromatic heterocycles. The van der Waals surface area contributed by atoms with Gasteiger partial charge in [-0.1, -0.05) is 30.3 Å². The Kier molecular flexibility index (Phi) is 6.75. The van der Waals surface area contributed by atoms with Crippen LogP contribution in [0.5, 0.6) is 0 Å². The smallest absolute Gasteiger partial charge is 0.293 e. The molecule has 0 saturated carbocycles. The summed E-state index contributed by atoms with van der Waals surface area (Å²) in [5.41, 5.74) is 3.32. The molecule has 4 rings (SSSR count). The molecule has 0 spiro atoms. The number of hydrogen-bond acceptors (Lipinski definition) is 4. The predicted molar refractivity (Wildman–Crippen MR) is 142 cm³/mol. The zero-order chi connectivity index (χ0) is 26.0. The van der Waals surface area contributed by atoms with E-state index in [1.54, 1.807) is 30.3 Å². The Balaban J connectivity index is 1.80. The number of aryl methyl sites for hydroxylation is 1. The van der Waals surface area contributed by atoms with Crippen molar-refractivity contribution in [3.05, 3.63) is 106 Å². The van der Waals surface area contributed by atoms with Crippen LogP contribution in [0.1, 0.15) is 36.7 Å². The first-order valence-corrected chi connectivity index (χ1v) is 11.7. The van der Waals surface area contributed by atoms with E-state index in [-0.39, 0.29) is 23.1 Å². The van der Waals surface area contributed by atoms with Crippen LogP contribution in [0.15, 0.2) is 83.8 Å². The molecule has 6 nitrogen and oxygen atoms in total. The monoisotopic (exact) mass is 484 g/mol. The Morgan fingerprint density at radius 2 is 1.64 bits per heavy atom. The standard InChI is InChI=1S/C29H29FN4O2/c1-19-23(24-18-33(5)28(36)26(32-24)31-22-16-14-21(30)15-17-22)12-9-13-25(19)34(29(2,3)4)27(35)20-10-7-6-8-11-20/h6-18H,1-5H3,(H,31,32). The van der Waals surface area contributed by atoms with Gasteiger partial charge >= 0.3 is 0 Å². The molecule has 0 bridgehead atoms. The van der Waals surface area contributed by atoms with Crippen LogP contribution < -0.4 is 15.8 Å². The molecule has 1 heterocycles. The van der Waals surface area contributed by atoms with Crippen LogP contribution in [0.4, 0.5) is 21.6 Å². The number of amides is 1. The number of benzene rings is 3. The van der Waals surface area contributed by atoms with Crippen molar-refractivity contribution in [2.75, 3.05) is 10.2 Å². The molecule has 4 aromatic rings. The number of carbonyl (C=O) groups excluding carboxylic acids is 1. The summed E-state index contributed by atoms with van der Waals surface area (Å²) in [7, 11) is 1.66. The van der Waals surface area contributed by atoms with Gasteiger partial charge in [0.1, 0.15) is 5.82 Å². The summed E-state index contributed by atoms with van der Waals surface area (Å²) in [6, 6.07) is 20.6. The number of rotatable bonds is 5. The number of aromatic nitrogens is 2. The van der Waals surface area contributed by atoms with Gasteiger partial charge in [-0.2, -0.15) is 0 Å². The van der Waals surface area contributed by atoms with Gasteiger partial charge < -0.3 is 14.8 Å². The van der Waals surface area contributed by atoms with E-state index in [1.807, 2.05) is 76.2 Å². The topological polar surface area (TPSA) is 67.2 Å². The molecule has 0 aliphatic heterocycles. The number of halogens is 1. The molecule has 36 heavy (non-hydrogen) atoms. The zero-order valence-corrected chi connectivity index (χ0v) is 21.0. The average Bonchev–Trinajstić information content (AvgIpc) is 2.84. The Hall–Kier alpha value is -4.26. The second kappa shape index (κ2) is 9.77. The van der Waals surface area contributed by atoms with Crippen molar-refractivity contribution in [3.63, 3.8) is 0 Å². The minimum atomic E-state index is -0.497. The lowest BCUT2D eigenvalue weighted by atomic mass is 9.97. The summed E-state index contributed by atoms with van der Waals surface area (Å²) in [5, 5.41) is 3.00. The molecule has 0 saturated heterocycles. The third kappa shape index (κ3) is 5.05. The van der Waals surface area contributed by atoms with E-state index in [2.05, 4.69) is 10.3 Å². The number of hydrogen-bond donors (Lipinski definition) is 1. The van der Waals surface area contributed by atoms with Gasteiger partial charge in [0.25, 0.3) is 11.5 Å². The maximum atomic E-state index is 13.6. The summed E-state index contributed by atoms with van der Waals surface area (Å²) in [6.07, 6.45) is 1.67. The van der Waals surface area contributed by atoms with Crippen molar-refractivity contribution in [2.24, 2.45) is 7.05 Å². The summed E-state index contributed by atoms with van der Waals surface area (Å²) in [4.78, 5) is 32.8. The number of nitrogens with zero attached hydrogens (tertiary/aromatic N) is 3. The first kappa shape index (κ1) is 24.9. The molecule has 0 aliphatic rings. The first-order chi connectivity index (χ1) is 17.1. The fourth-order valence-corrected chi connectivity index (χ4v) is 4.12. The molecule has 0 radical (unpaired) electrons. The van der Waals surface area contributed by atoms with Crippen LogP contribution in [0.25, 0.3) is 11.3 Å². The molecule has 7 heteroatoms. The van der Waals surface area contributed by atoms with Gasteiger partial charge in [-0.25, -0.2) is 9.37 Å². The van der Waals surface area contributed by atoms with Gasteiger partial charge in [0.15, 0.2) is 5.82 Å². The fourth-order valence-electron chi connectivity index (χ4n) is 4.12. The summed E-state index contributed by atoms with van der Waals surface area (Å²) >= 11 is 0. The molecule has 0 unspecified atom stereocenters. The highest BCUT2D eigenvalue weighted by Gasteiger charge is 2.30. The maximum absolute atomic E-state index is 13.6. The Bertz CT molecular complexity index is 1460. The van der Waals surface area contributed by atoms with Crippen molar-refractivity contribution in [3.8, 4) is 11.3 Å². The zero-order valence-electron chi connectivity index (χ0n) is 21.0. The van der Waals surface area contributed by atoms with Crippen LogP contribution in [0.3, 0.4) is 0 Å². The SMILES string of the molecule is Cc1c(-c2cn(C)c(=O)c(Nc3ccc(F)cc3)n2)cccc1N(C(=O)c1ccccc1)C(C)(C)C. The minimum Gasteiger partial charge on any atom is -0.336 e. The molecule has 0 atom stereocenters. The van der Waals surface area contributed by atoms with E-state index in [4.69, 9.17) is 0 Å². The van der Waals surface area contributed by atoms with Crippen molar-refractivity contribution in [2.45, 2.75) is 33.2 Å². The Labute approximate surface area is 210 Å². The predicted octanol–water partition coefficient (Wildman–Crippen LogP) is 6.08. The van der Waals surface area contributed by atoms with Crippen molar-refractivity contribution in [1.82, 2.24) is 9.55 Å². The lowest BCUT2D eigenvalue weighted by Crippen LogP contribution is -2.46. The van der Waals surface area contributed by atoms with E-state index in [0.29, 0.717) is 16.9 Å². The van der Waals surface area contributed by atoms with Gasteiger partial charge in [0.05, 0.1) is 5.69 Å². The quantitative estimate of drug-likeness (QED) is 0.373. The average molecular weight is 485 g/mol. The Morgan fingerprint density at radius 3 is 2.28 bits per heavy atom. The second-order valence-electron chi connectivity index (χ2n) is 9.65. The van der Waals surface area contributed by atoms with Crippen LogP contribution >= 0.6 is 0 Å². The highest BCUT2D eigenvalue weighted by atomic mass is 19.1. The molecule has 1 N–H and O–H groups in total. The molecular weight excluding hydrogens is 455 g/mol. The lowest BCUT2D eigenvalue weighted by molar-refractivity contribution is 0.0965. The highest BCUT2D eigenvalue weighted by Crippen LogP contribution is 2.34. The van der Waals surface area contributed by atoms with Gasteiger partial charge in [-0.15, -0.1) is 0 Å². The normalized spacial score (nSPS) is 11.3. The molecule has 0 fully saturated rings. The highest BCUT2D eigenvalue weighted by molar-refractivity contribution is 6.07. The summed E-state index contributed by atoms with van der Waals surface area (Å²) in [6.45, 7) is 7.93. The van der Waals surface area contributed by atoms with Gasteiger partial charge in [0, 0.05) is 41.3 Å². The fraction of sp³-hybridized carbons (Fsp3) is 0.207. The molecule has 1 amide bonds. The minimum absolute atomic E-state index is 0.101. The molecule has 3 aromatic carbocycles. The number of nitrogens with one attached hydrogen (secondary N) is 1. The first-order valence-electron chi connectivity index (χ1n) is 11.7. The van der Waals surface area contributed by atoms with Crippen molar-refractivity contribution >= 4 is 23.1 Å². The summed E-state index contributed by atoms with van der Waals surface area (Å²) < 4.78 is 14.8. The van der Waals surface area contributed by atoms with E-state index >= 15 is 0 Å². The van der Waals surface area contributed by atoms with Crippen LogP contribution in [0.2, 0.25) is 0 Å². The van der Waals surface area contributed by atoms with Gasteiger partial charge in [-0.3, -0.25) is 9.59 Å². The summed E-state index contributed by atoms with van der Waals surface area (Å²) in [5.74, 6) is -0.342. The molecule has 184 valence electrons.